The standard InChI is InChI=1S/C29H33NO3/c1-4-5-16-26(31)22-17-19-25(20-18-22)29(23-12-8-6-9-13-23,24-14-10-7-11-15-24)33-28(2,3)27(32)21-30/h6-15,17-20H,4-5,16,21,30H2,1-3H3. The summed E-state index contributed by atoms with van der Waals surface area (Å²) in [4.78, 5) is 25.3. The first-order valence-corrected chi connectivity index (χ1v) is 11.5. The van der Waals surface area contributed by atoms with Crippen LogP contribution in [0.15, 0.2) is 84.9 Å². The number of ketones is 2. The Labute approximate surface area is 196 Å². The minimum absolute atomic E-state index is 0.114. The van der Waals surface area contributed by atoms with Crippen molar-refractivity contribution < 1.29 is 14.3 Å². The Morgan fingerprint density at radius 2 is 1.27 bits per heavy atom. The second kappa shape index (κ2) is 10.7. The summed E-state index contributed by atoms with van der Waals surface area (Å²) in [5.41, 5.74) is 6.80. The number of hydrogen-bond acceptors (Lipinski definition) is 4. The minimum Gasteiger partial charge on any atom is -0.347 e. The number of carbonyl (C=O) groups is 2. The number of Topliss-reactive ketones (excluding diaryl/α,β-unsaturated/α-hetero) is 2. The molecule has 0 fully saturated rings. The molecule has 0 radical (unpaired) electrons. The lowest BCUT2D eigenvalue weighted by Crippen LogP contribution is -2.47. The third-order valence-electron chi connectivity index (χ3n) is 6.00. The molecule has 0 spiro atoms. The number of ether oxygens (including phenoxy) is 1. The molecule has 0 aliphatic carbocycles. The van der Waals surface area contributed by atoms with Gasteiger partial charge in [0.1, 0.15) is 11.2 Å². The van der Waals surface area contributed by atoms with Gasteiger partial charge in [0.15, 0.2) is 11.6 Å². The maximum absolute atomic E-state index is 12.8. The first-order chi connectivity index (χ1) is 15.8. The fourth-order valence-corrected chi connectivity index (χ4v) is 4.08. The van der Waals surface area contributed by atoms with Gasteiger partial charge in [-0.3, -0.25) is 9.59 Å². The van der Waals surface area contributed by atoms with E-state index in [1.165, 1.54) is 0 Å². The summed E-state index contributed by atoms with van der Waals surface area (Å²) in [6, 6.07) is 27.3. The van der Waals surface area contributed by atoms with Crippen LogP contribution in [0.2, 0.25) is 0 Å². The molecule has 3 aromatic carbocycles. The van der Waals surface area contributed by atoms with Gasteiger partial charge >= 0.3 is 0 Å². The molecule has 0 unspecified atom stereocenters. The summed E-state index contributed by atoms with van der Waals surface area (Å²) in [6.07, 6.45) is 2.39. The molecule has 0 bridgehead atoms. The third-order valence-corrected chi connectivity index (χ3v) is 6.00. The van der Waals surface area contributed by atoms with Gasteiger partial charge in [0.2, 0.25) is 0 Å². The number of rotatable bonds is 11. The zero-order valence-electron chi connectivity index (χ0n) is 19.7. The van der Waals surface area contributed by atoms with Crippen molar-refractivity contribution in [1.82, 2.24) is 0 Å². The van der Waals surface area contributed by atoms with E-state index in [1.807, 2.05) is 84.9 Å². The van der Waals surface area contributed by atoms with Crippen LogP contribution in [0.1, 0.15) is 67.1 Å². The lowest BCUT2D eigenvalue weighted by Gasteiger charge is -2.41. The topological polar surface area (TPSA) is 69.4 Å². The van der Waals surface area contributed by atoms with Crippen LogP contribution >= 0.6 is 0 Å². The largest absolute Gasteiger partial charge is 0.347 e. The highest BCUT2D eigenvalue weighted by atomic mass is 16.5. The lowest BCUT2D eigenvalue weighted by atomic mass is 9.78. The quantitative estimate of drug-likeness (QED) is 0.306. The summed E-state index contributed by atoms with van der Waals surface area (Å²) in [5.74, 6) is -0.0573. The monoisotopic (exact) mass is 443 g/mol. The molecular formula is C29H33NO3. The normalized spacial score (nSPS) is 11.9. The average molecular weight is 444 g/mol. The predicted octanol–water partition coefficient (Wildman–Crippen LogP) is 5.67. The van der Waals surface area contributed by atoms with Crippen molar-refractivity contribution >= 4 is 11.6 Å². The zero-order chi connectivity index (χ0) is 23.9. The first kappa shape index (κ1) is 24.6. The summed E-state index contributed by atoms with van der Waals surface area (Å²) < 4.78 is 6.79. The molecule has 3 rings (SSSR count). The van der Waals surface area contributed by atoms with Gasteiger partial charge in [-0.05, 0) is 37.0 Å². The molecule has 3 aromatic rings. The second-order valence-electron chi connectivity index (χ2n) is 8.76. The van der Waals surface area contributed by atoms with Gasteiger partial charge in [0.25, 0.3) is 0 Å². The molecule has 0 aliphatic heterocycles. The van der Waals surface area contributed by atoms with Crippen LogP contribution in [0.5, 0.6) is 0 Å². The van der Waals surface area contributed by atoms with Crippen LogP contribution in [-0.4, -0.2) is 23.7 Å². The maximum Gasteiger partial charge on any atom is 0.177 e. The van der Waals surface area contributed by atoms with Gasteiger partial charge in [-0.2, -0.15) is 0 Å². The molecule has 0 aromatic heterocycles. The smallest absolute Gasteiger partial charge is 0.177 e. The first-order valence-electron chi connectivity index (χ1n) is 11.5. The van der Waals surface area contributed by atoms with Gasteiger partial charge in [0.05, 0.1) is 6.54 Å². The third kappa shape index (κ3) is 5.29. The molecule has 172 valence electrons. The van der Waals surface area contributed by atoms with E-state index >= 15 is 0 Å². The molecule has 4 nitrogen and oxygen atoms in total. The molecular weight excluding hydrogens is 410 g/mol. The molecule has 4 heteroatoms. The van der Waals surface area contributed by atoms with Gasteiger partial charge in [-0.1, -0.05) is 98.3 Å². The minimum atomic E-state index is -1.14. The van der Waals surface area contributed by atoms with Crippen LogP contribution in [0, 0.1) is 0 Å². The Morgan fingerprint density at radius 3 is 1.73 bits per heavy atom. The summed E-state index contributed by atoms with van der Waals surface area (Å²) >= 11 is 0. The fraction of sp³-hybridized carbons (Fsp3) is 0.310. The Hall–Kier alpha value is -3.08. The summed E-state index contributed by atoms with van der Waals surface area (Å²) in [5, 5.41) is 0. The van der Waals surface area contributed by atoms with E-state index in [4.69, 9.17) is 10.5 Å². The maximum atomic E-state index is 12.8. The molecule has 0 amide bonds. The van der Waals surface area contributed by atoms with Crippen LogP contribution in [-0.2, 0) is 15.1 Å². The zero-order valence-corrected chi connectivity index (χ0v) is 19.7. The average Bonchev–Trinajstić information content (AvgIpc) is 2.86. The highest BCUT2D eigenvalue weighted by Crippen LogP contribution is 2.43. The van der Waals surface area contributed by atoms with Crippen molar-refractivity contribution in [2.24, 2.45) is 5.73 Å². The van der Waals surface area contributed by atoms with Crippen molar-refractivity contribution in [3.05, 3.63) is 107 Å². The summed E-state index contributed by atoms with van der Waals surface area (Å²) in [6.45, 7) is 5.47. The van der Waals surface area contributed by atoms with E-state index in [-0.39, 0.29) is 18.1 Å². The van der Waals surface area contributed by atoms with Gasteiger partial charge in [-0.25, -0.2) is 0 Å². The van der Waals surface area contributed by atoms with E-state index in [9.17, 15) is 9.59 Å². The number of unbranched alkanes of at least 4 members (excludes halogenated alkanes) is 1. The molecule has 0 heterocycles. The predicted molar refractivity (Wildman–Crippen MR) is 132 cm³/mol. The highest BCUT2D eigenvalue weighted by molar-refractivity contribution is 5.96. The van der Waals surface area contributed by atoms with Crippen molar-refractivity contribution in [1.29, 1.82) is 0 Å². The number of hydrogen-bond donors (Lipinski definition) is 1. The molecule has 2 N–H and O–H groups in total. The number of carbonyl (C=O) groups excluding carboxylic acids is 2. The van der Waals surface area contributed by atoms with Crippen LogP contribution in [0.3, 0.4) is 0 Å². The number of nitrogens with two attached hydrogens (primary N) is 1. The van der Waals surface area contributed by atoms with Crippen molar-refractivity contribution in [2.45, 2.75) is 51.2 Å². The Bertz CT molecular complexity index is 1020. The molecule has 0 saturated heterocycles. The summed E-state index contributed by atoms with van der Waals surface area (Å²) in [7, 11) is 0. The van der Waals surface area contributed by atoms with Crippen LogP contribution in [0.25, 0.3) is 0 Å². The number of benzene rings is 3. The SMILES string of the molecule is CCCCC(=O)c1ccc(C(OC(C)(C)C(=O)CN)(c2ccccc2)c2ccccc2)cc1. The van der Waals surface area contributed by atoms with E-state index in [1.54, 1.807) is 13.8 Å². The van der Waals surface area contributed by atoms with Crippen LogP contribution in [0.4, 0.5) is 0 Å². The lowest BCUT2D eigenvalue weighted by molar-refractivity contribution is -0.153. The van der Waals surface area contributed by atoms with E-state index < -0.39 is 11.2 Å². The van der Waals surface area contributed by atoms with E-state index in [0.29, 0.717) is 12.0 Å². The van der Waals surface area contributed by atoms with Crippen molar-refractivity contribution in [2.75, 3.05) is 6.54 Å². The molecule has 0 aliphatic rings. The molecule has 0 saturated carbocycles. The van der Waals surface area contributed by atoms with Gasteiger partial charge < -0.3 is 10.5 Å². The Kier molecular flexibility index (Phi) is 7.96. The van der Waals surface area contributed by atoms with Crippen LogP contribution < -0.4 is 5.73 Å². The fourth-order valence-electron chi connectivity index (χ4n) is 4.08. The van der Waals surface area contributed by atoms with E-state index in [2.05, 4.69) is 6.92 Å². The van der Waals surface area contributed by atoms with Gasteiger partial charge in [-0.15, -0.1) is 0 Å². The molecule has 33 heavy (non-hydrogen) atoms. The van der Waals surface area contributed by atoms with E-state index in [0.717, 1.165) is 29.5 Å². The van der Waals surface area contributed by atoms with Crippen molar-refractivity contribution in [3.8, 4) is 0 Å². The molecule has 0 atom stereocenters. The Morgan fingerprint density at radius 1 is 0.788 bits per heavy atom. The second-order valence-corrected chi connectivity index (χ2v) is 8.76. The van der Waals surface area contributed by atoms with Gasteiger partial charge in [0, 0.05) is 12.0 Å². The highest BCUT2D eigenvalue weighted by Gasteiger charge is 2.44. The Balaban J connectivity index is 2.22. The van der Waals surface area contributed by atoms with Crippen molar-refractivity contribution in [3.63, 3.8) is 0 Å².